The van der Waals surface area contributed by atoms with Gasteiger partial charge in [0.05, 0.1) is 15.6 Å². The van der Waals surface area contributed by atoms with Crippen molar-refractivity contribution in [2.75, 3.05) is 31.1 Å². The van der Waals surface area contributed by atoms with E-state index in [2.05, 4.69) is 25.1 Å². The minimum Gasteiger partial charge on any atom is -0.486 e. The molecule has 3 aromatic heterocycles. The molecule has 1 aromatic carbocycles. The Morgan fingerprint density at radius 1 is 1.08 bits per heavy atom. The number of aromatic amines is 1. The van der Waals surface area contributed by atoms with Gasteiger partial charge in [-0.25, -0.2) is 4.98 Å². The quantitative estimate of drug-likeness (QED) is 0.357. The van der Waals surface area contributed by atoms with Crippen LogP contribution in [-0.4, -0.2) is 57.2 Å². The zero-order valence-electron chi connectivity index (χ0n) is 20.0. The van der Waals surface area contributed by atoms with Gasteiger partial charge in [0.25, 0.3) is 0 Å². The number of fused-ring (bicyclic) bond motifs is 1. The van der Waals surface area contributed by atoms with Crippen LogP contribution in [0.1, 0.15) is 31.9 Å². The summed E-state index contributed by atoms with van der Waals surface area (Å²) < 4.78 is 6.17. The summed E-state index contributed by atoms with van der Waals surface area (Å²) in [6, 6.07) is 9.79. The minimum atomic E-state index is -0.366. The number of ether oxygens (including phenoxy) is 1. The fraction of sp³-hybridized carbons (Fsp3) is 0.308. The van der Waals surface area contributed by atoms with Crippen molar-refractivity contribution >= 4 is 45.8 Å². The van der Waals surface area contributed by atoms with Crippen LogP contribution >= 0.6 is 23.2 Å². The summed E-state index contributed by atoms with van der Waals surface area (Å²) in [5.74, 6) is 1.77. The monoisotopic (exact) mass is 524 g/mol. The zero-order chi connectivity index (χ0) is 25.2. The van der Waals surface area contributed by atoms with Crippen molar-refractivity contribution in [3.8, 4) is 17.0 Å². The predicted octanol–water partition coefficient (Wildman–Crippen LogP) is 5.53. The molecule has 8 nitrogen and oxygen atoms in total. The van der Waals surface area contributed by atoms with E-state index < -0.39 is 0 Å². The molecule has 0 unspecified atom stereocenters. The molecule has 36 heavy (non-hydrogen) atoms. The Kier molecular flexibility index (Phi) is 6.98. The van der Waals surface area contributed by atoms with Crippen molar-refractivity contribution in [2.24, 2.45) is 0 Å². The topological polar surface area (TPSA) is 87.2 Å². The van der Waals surface area contributed by atoms with Gasteiger partial charge >= 0.3 is 0 Å². The number of nitrogens with one attached hydrogen (secondary N) is 1. The van der Waals surface area contributed by atoms with Crippen molar-refractivity contribution in [3.05, 3.63) is 64.5 Å². The first-order valence-electron chi connectivity index (χ1n) is 11.9. The number of carbonyl (C=O) groups excluding carboxylic acids is 1. The van der Waals surface area contributed by atoms with Crippen LogP contribution in [0.3, 0.4) is 0 Å². The van der Waals surface area contributed by atoms with Gasteiger partial charge in [-0.15, -0.1) is 0 Å². The standard InChI is InChI=1S/C26H26Cl2N6O2/c1-3-24(35)34-10-8-33(9-11-34)23-7-4-17(13-30-23)26-19-12-18(5-6-22(19)31-32-26)36-16(2)25-20(27)14-29-15-21(25)28/h4-7,12-16H,3,8-11H2,1-2H3,(H,31,32)/t16-/m1/s1. The van der Waals surface area contributed by atoms with E-state index in [1.54, 1.807) is 12.4 Å². The normalized spacial score (nSPS) is 14.8. The molecule has 10 heteroatoms. The number of benzene rings is 1. The molecule has 5 rings (SSSR count). The Balaban J connectivity index is 1.34. The van der Waals surface area contributed by atoms with E-state index in [1.807, 2.05) is 55.3 Å². The lowest BCUT2D eigenvalue weighted by atomic mass is 10.1. The van der Waals surface area contributed by atoms with Crippen molar-refractivity contribution < 1.29 is 9.53 Å². The van der Waals surface area contributed by atoms with Gasteiger partial charge in [0.15, 0.2) is 0 Å². The summed E-state index contributed by atoms with van der Waals surface area (Å²) in [5, 5.41) is 9.46. The van der Waals surface area contributed by atoms with Crippen molar-refractivity contribution in [2.45, 2.75) is 26.4 Å². The first-order chi connectivity index (χ1) is 17.4. The fourth-order valence-corrected chi connectivity index (χ4v) is 5.15. The Hall–Kier alpha value is -3.36. The molecular weight excluding hydrogens is 499 g/mol. The molecule has 186 valence electrons. The molecule has 1 aliphatic heterocycles. The second-order valence-electron chi connectivity index (χ2n) is 8.68. The van der Waals surface area contributed by atoms with E-state index in [0.717, 1.165) is 54.2 Å². The van der Waals surface area contributed by atoms with Gasteiger partial charge in [-0.2, -0.15) is 5.10 Å². The Morgan fingerprint density at radius 2 is 1.83 bits per heavy atom. The highest BCUT2D eigenvalue weighted by molar-refractivity contribution is 6.35. The number of carbonyl (C=O) groups is 1. The van der Waals surface area contributed by atoms with E-state index in [4.69, 9.17) is 27.9 Å². The van der Waals surface area contributed by atoms with Crippen LogP contribution in [0.15, 0.2) is 48.9 Å². The summed E-state index contributed by atoms with van der Waals surface area (Å²) in [6.45, 7) is 6.78. The minimum absolute atomic E-state index is 0.202. The van der Waals surface area contributed by atoms with Crippen molar-refractivity contribution in [1.29, 1.82) is 0 Å². The van der Waals surface area contributed by atoms with E-state index in [9.17, 15) is 4.79 Å². The van der Waals surface area contributed by atoms with Gasteiger partial charge in [-0.3, -0.25) is 14.9 Å². The number of anilines is 1. The smallest absolute Gasteiger partial charge is 0.222 e. The zero-order valence-corrected chi connectivity index (χ0v) is 21.6. The SMILES string of the molecule is CCC(=O)N1CCN(c2ccc(-c3n[nH]c4ccc(O[C@H](C)c5c(Cl)cncc5Cl)cc34)cn2)CC1. The highest BCUT2D eigenvalue weighted by atomic mass is 35.5. The lowest BCUT2D eigenvalue weighted by Gasteiger charge is -2.35. The summed E-state index contributed by atoms with van der Waals surface area (Å²) in [4.78, 5) is 24.7. The molecule has 1 atom stereocenters. The first kappa shape index (κ1) is 24.3. The third kappa shape index (κ3) is 4.83. The Morgan fingerprint density at radius 3 is 2.50 bits per heavy atom. The Bertz CT molecular complexity index is 1360. The molecule has 0 aliphatic carbocycles. The van der Waals surface area contributed by atoms with Gasteiger partial charge in [0, 0.05) is 67.7 Å². The van der Waals surface area contributed by atoms with Gasteiger partial charge < -0.3 is 14.5 Å². The number of rotatable bonds is 6. The lowest BCUT2D eigenvalue weighted by molar-refractivity contribution is -0.131. The van der Waals surface area contributed by atoms with Crippen molar-refractivity contribution in [3.63, 3.8) is 0 Å². The van der Waals surface area contributed by atoms with E-state index in [1.165, 1.54) is 0 Å². The fourth-order valence-electron chi connectivity index (χ4n) is 4.48. The van der Waals surface area contributed by atoms with Crippen LogP contribution < -0.4 is 9.64 Å². The molecule has 1 aliphatic rings. The van der Waals surface area contributed by atoms with Crippen LogP contribution in [0.25, 0.3) is 22.2 Å². The molecule has 1 amide bonds. The van der Waals surface area contributed by atoms with Crippen LogP contribution in [0.2, 0.25) is 10.0 Å². The average molecular weight is 525 g/mol. The summed E-state index contributed by atoms with van der Waals surface area (Å²) in [6.07, 6.45) is 5.13. The molecule has 4 heterocycles. The van der Waals surface area contributed by atoms with Gasteiger partial charge in [0.2, 0.25) is 5.91 Å². The summed E-state index contributed by atoms with van der Waals surface area (Å²) in [5.41, 5.74) is 3.28. The van der Waals surface area contributed by atoms with Crippen LogP contribution in [0, 0.1) is 0 Å². The maximum atomic E-state index is 11.9. The van der Waals surface area contributed by atoms with Crippen LogP contribution in [-0.2, 0) is 4.79 Å². The van der Waals surface area contributed by atoms with Gasteiger partial charge in [0.1, 0.15) is 23.4 Å². The van der Waals surface area contributed by atoms with Crippen LogP contribution in [0.4, 0.5) is 5.82 Å². The molecule has 0 bridgehead atoms. The second-order valence-corrected chi connectivity index (χ2v) is 9.50. The number of pyridine rings is 2. The Labute approximate surface area is 219 Å². The number of hydrogen-bond acceptors (Lipinski definition) is 6. The molecule has 0 radical (unpaired) electrons. The van der Waals surface area contributed by atoms with Gasteiger partial charge in [-0.05, 0) is 37.3 Å². The molecule has 1 fully saturated rings. The highest BCUT2D eigenvalue weighted by Crippen LogP contribution is 2.35. The van der Waals surface area contributed by atoms with Crippen LogP contribution in [0.5, 0.6) is 5.75 Å². The highest BCUT2D eigenvalue weighted by Gasteiger charge is 2.21. The molecular formula is C26H26Cl2N6O2. The molecule has 0 saturated carbocycles. The third-order valence-electron chi connectivity index (χ3n) is 6.42. The number of nitrogens with zero attached hydrogens (tertiary/aromatic N) is 5. The predicted molar refractivity (Wildman–Crippen MR) is 142 cm³/mol. The second kappa shape index (κ2) is 10.3. The molecule has 1 N–H and O–H groups in total. The third-order valence-corrected chi connectivity index (χ3v) is 7.03. The number of aromatic nitrogens is 4. The number of H-pyrrole nitrogens is 1. The number of hydrogen-bond donors (Lipinski definition) is 1. The van der Waals surface area contributed by atoms with Crippen molar-refractivity contribution in [1.82, 2.24) is 25.1 Å². The maximum absolute atomic E-state index is 11.9. The number of halogens is 2. The average Bonchev–Trinajstić information content (AvgIpc) is 3.31. The first-order valence-corrected chi connectivity index (χ1v) is 12.6. The lowest BCUT2D eigenvalue weighted by Crippen LogP contribution is -2.48. The molecule has 1 saturated heterocycles. The summed E-state index contributed by atoms with van der Waals surface area (Å²) in [7, 11) is 0. The molecule has 4 aromatic rings. The number of amides is 1. The molecule has 0 spiro atoms. The van der Waals surface area contributed by atoms with E-state index >= 15 is 0 Å². The largest absolute Gasteiger partial charge is 0.486 e. The van der Waals surface area contributed by atoms with E-state index in [0.29, 0.717) is 27.8 Å². The van der Waals surface area contributed by atoms with Gasteiger partial charge in [-0.1, -0.05) is 30.1 Å². The summed E-state index contributed by atoms with van der Waals surface area (Å²) >= 11 is 12.6. The number of piperazine rings is 1. The van der Waals surface area contributed by atoms with E-state index in [-0.39, 0.29) is 12.0 Å². The maximum Gasteiger partial charge on any atom is 0.222 e.